The van der Waals surface area contributed by atoms with Crippen molar-refractivity contribution in [2.45, 2.75) is 44.6 Å². The van der Waals surface area contributed by atoms with Crippen LogP contribution in [0.5, 0.6) is 0 Å². The molecule has 24 heavy (non-hydrogen) atoms. The van der Waals surface area contributed by atoms with Crippen LogP contribution in [0.3, 0.4) is 0 Å². The molecule has 3 rings (SSSR count). The number of aliphatic hydroxyl groups excluding tert-OH is 1. The quantitative estimate of drug-likeness (QED) is 0.792. The molecule has 2 atom stereocenters. The number of hydrogen-bond donors (Lipinski definition) is 3. The molecule has 1 aromatic rings. The number of nitrogens with one attached hydrogen (secondary N) is 2. The fraction of sp³-hybridized carbons (Fsp3) is 0.611. The minimum absolute atomic E-state index is 0.242. The normalized spacial score (nSPS) is 24.0. The number of urea groups is 1. The van der Waals surface area contributed by atoms with Crippen LogP contribution in [0.4, 0.5) is 20.6 Å². The van der Waals surface area contributed by atoms with E-state index in [1.54, 1.807) is 6.07 Å². The molecule has 3 N–H and O–H groups in total. The van der Waals surface area contributed by atoms with Gasteiger partial charge in [-0.1, -0.05) is 0 Å². The lowest BCUT2D eigenvalue weighted by molar-refractivity contribution is 0.177. The lowest BCUT2D eigenvalue weighted by Gasteiger charge is -2.30. The van der Waals surface area contributed by atoms with Crippen LogP contribution in [-0.4, -0.2) is 36.9 Å². The Morgan fingerprint density at radius 3 is 2.75 bits per heavy atom. The Bertz CT molecular complexity index is 575. The highest BCUT2D eigenvalue weighted by Gasteiger charge is 2.23. The molecule has 0 spiro atoms. The number of carbonyl (C=O) groups is 1. The fourth-order valence-corrected chi connectivity index (χ4v) is 3.66. The number of hydrogen-bond acceptors (Lipinski definition) is 3. The van der Waals surface area contributed by atoms with Crippen LogP contribution in [0.15, 0.2) is 18.2 Å². The zero-order chi connectivity index (χ0) is 16.9. The Labute approximate surface area is 142 Å². The van der Waals surface area contributed by atoms with E-state index in [2.05, 4.69) is 15.5 Å². The smallest absolute Gasteiger partial charge is 0.319 e. The summed E-state index contributed by atoms with van der Waals surface area (Å²) in [5.74, 6) is -0.0372. The molecule has 0 radical (unpaired) electrons. The number of benzene rings is 1. The van der Waals surface area contributed by atoms with Gasteiger partial charge in [0.25, 0.3) is 0 Å². The minimum Gasteiger partial charge on any atom is -0.393 e. The van der Waals surface area contributed by atoms with E-state index < -0.39 is 0 Å². The monoisotopic (exact) mass is 335 g/mol. The summed E-state index contributed by atoms with van der Waals surface area (Å²) in [6, 6.07) is 4.24. The molecule has 6 heteroatoms. The number of anilines is 2. The third kappa shape index (κ3) is 4.38. The van der Waals surface area contributed by atoms with Gasteiger partial charge in [0.05, 0.1) is 17.5 Å². The average Bonchev–Trinajstić information content (AvgIpc) is 2.99. The van der Waals surface area contributed by atoms with Crippen molar-refractivity contribution < 1.29 is 14.3 Å². The molecule has 1 aliphatic heterocycles. The van der Waals surface area contributed by atoms with Crippen LogP contribution in [0.2, 0.25) is 0 Å². The molecule has 0 aromatic heterocycles. The minimum atomic E-state index is -0.357. The molecule has 1 aliphatic carbocycles. The molecule has 2 fully saturated rings. The highest BCUT2D eigenvalue weighted by atomic mass is 19.1. The standard InChI is InChI=1S/C18H26FN3O2/c19-14-5-7-17(22-8-2-1-3-9-22)16(11-14)21-18(24)20-12-13-4-6-15(23)10-13/h5,7,11,13,15,23H,1-4,6,8-10,12H2,(H2,20,21,24)/t13-,15+/m0/s1. The van der Waals surface area contributed by atoms with Gasteiger partial charge >= 0.3 is 6.03 Å². The van der Waals surface area contributed by atoms with Gasteiger partial charge in [-0.05, 0) is 62.6 Å². The van der Waals surface area contributed by atoms with E-state index in [9.17, 15) is 14.3 Å². The van der Waals surface area contributed by atoms with Gasteiger partial charge in [0, 0.05) is 19.6 Å². The van der Waals surface area contributed by atoms with Gasteiger partial charge in [-0.25, -0.2) is 9.18 Å². The summed E-state index contributed by atoms with van der Waals surface area (Å²) in [6.45, 7) is 2.40. The lowest BCUT2D eigenvalue weighted by Crippen LogP contribution is -2.34. The summed E-state index contributed by atoms with van der Waals surface area (Å²) >= 11 is 0. The molecule has 132 valence electrons. The summed E-state index contributed by atoms with van der Waals surface area (Å²) in [5.41, 5.74) is 1.39. The third-order valence-electron chi connectivity index (χ3n) is 4.97. The summed E-state index contributed by atoms with van der Waals surface area (Å²) in [4.78, 5) is 14.4. The van der Waals surface area contributed by atoms with E-state index in [0.717, 1.165) is 50.9 Å². The molecule has 0 bridgehead atoms. The van der Waals surface area contributed by atoms with Gasteiger partial charge in [0.15, 0.2) is 0 Å². The molecule has 1 heterocycles. The maximum Gasteiger partial charge on any atom is 0.319 e. The van der Waals surface area contributed by atoms with Gasteiger partial charge in [-0.2, -0.15) is 0 Å². The van der Waals surface area contributed by atoms with E-state index in [1.807, 2.05) is 0 Å². The van der Waals surface area contributed by atoms with E-state index in [4.69, 9.17) is 0 Å². The molecule has 0 unspecified atom stereocenters. The van der Waals surface area contributed by atoms with Crippen molar-refractivity contribution in [2.24, 2.45) is 5.92 Å². The van der Waals surface area contributed by atoms with Crippen LogP contribution < -0.4 is 15.5 Å². The van der Waals surface area contributed by atoms with E-state index in [0.29, 0.717) is 18.2 Å². The third-order valence-corrected chi connectivity index (χ3v) is 4.97. The summed E-state index contributed by atoms with van der Waals surface area (Å²) in [5, 5.41) is 15.2. The largest absolute Gasteiger partial charge is 0.393 e. The van der Waals surface area contributed by atoms with Crippen LogP contribution in [0, 0.1) is 11.7 Å². The topological polar surface area (TPSA) is 64.6 Å². The fourth-order valence-electron chi connectivity index (χ4n) is 3.66. The second-order valence-corrected chi connectivity index (χ2v) is 6.88. The molecule has 1 saturated carbocycles. The van der Waals surface area contributed by atoms with E-state index >= 15 is 0 Å². The van der Waals surface area contributed by atoms with Crippen molar-refractivity contribution in [3.05, 3.63) is 24.0 Å². The number of carbonyl (C=O) groups excluding carboxylic acids is 1. The van der Waals surface area contributed by atoms with Crippen molar-refractivity contribution in [2.75, 3.05) is 29.9 Å². The van der Waals surface area contributed by atoms with Crippen LogP contribution in [0.1, 0.15) is 38.5 Å². The Hall–Kier alpha value is -1.82. The predicted octanol–water partition coefficient (Wildman–Crippen LogP) is 3.10. The second-order valence-electron chi connectivity index (χ2n) is 6.88. The molecule has 1 saturated heterocycles. The summed E-state index contributed by atoms with van der Waals surface area (Å²) in [7, 11) is 0. The average molecular weight is 335 g/mol. The van der Waals surface area contributed by atoms with Crippen molar-refractivity contribution in [3.8, 4) is 0 Å². The van der Waals surface area contributed by atoms with Gasteiger partial charge in [0.2, 0.25) is 0 Å². The first-order chi connectivity index (χ1) is 11.6. The lowest BCUT2D eigenvalue weighted by atomic mass is 10.1. The Balaban J connectivity index is 1.60. The first kappa shape index (κ1) is 17.0. The second kappa shape index (κ2) is 7.83. The van der Waals surface area contributed by atoms with Gasteiger partial charge in [-0.15, -0.1) is 0 Å². The number of amides is 2. The van der Waals surface area contributed by atoms with Gasteiger partial charge in [0.1, 0.15) is 5.82 Å². The Morgan fingerprint density at radius 1 is 1.25 bits per heavy atom. The maximum absolute atomic E-state index is 13.6. The van der Waals surface area contributed by atoms with Crippen LogP contribution in [0.25, 0.3) is 0 Å². The summed E-state index contributed by atoms with van der Waals surface area (Å²) in [6.07, 6.45) is 5.68. The maximum atomic E-state index is 13.6. The summed E-state index contributed by atoms with van der Waals surface area (Å²) < 4.78 is 13.6. The molecular weight excluding hydrogens is 309 g/mol. The zero-order valence-electron chi connectivity index (χ0n) is 13.9. The van der Waals surface area contributed by atoms with Crippen molar-refractivity contribution in [3.63, 3.8) is 0 Å². The first-order valence-corrected chi connectivity index (χ1v) is 8.89. The number of aliphatic hydroxyl groups is 1. The van der Waals surface area contributed by atoms with Gasteiger partial charge in [-0.3, -0.25) is 0 Å². The predicted molar refractivity (Wildman–Crippen MR) is 92.8 cm³/mol. The molecule has 2 amide bonds. The van der Waals surface area contributed by atoms with Crippen molar-refractivity contribution >= 4 is 17.4 Å². The highest BCUT2D eigenvalue weighted by Crippen LogP contribution is 2.29. The van der Waals surface area contributed by atoms with Crippen LogP contribution >= 0.6 is 0 Å². The highest BCUT2D eigenvalue weighted by molar-refractivity contribution is 5.93. The van der Waals surface area contributed by atoms with Crippen molar-refractivity contribution in [1.29, 1.82) is 0 Å². The first-order valence-electron chi connectivity index (χ1n) is 8.89. The molecule has 2 aliphatic rings. The van der Waals surface area contributed by atoms with Crippen LogP contribution in [-0.2, 0) is 0 Å². The Morgan fingerprint density at radius 2 is 2.04 bits per heavy atom. The molecule has 1 aromatic carbocycles. The molecule has 5 nitrogen and oxygen atoms in total. The van der Waals surface area contributed by atoms with E-state index in [-0.39, 0.29) is 18.0 Å². The molecular formula is C18H26FN3O2. The number of nitrogens with zero attached hydrogens (tertiary/aromatic N) is 1. The SMILES string of the molecule is O=C(NC[C@H]1CC[C@@H](O)C1)Nc1cc(F)ccc1N1CCCCC1. The van der Waals surface area contributed by atoms with Crippen molar-refractivity contribution in [1.82, 2.24) is 5.32 Å². The number of rotatable bonds is 4. The number of piperidine rings is 1. The zero-order valence-corrected chi connectivity index (χ0v) is 13.9. The number of halogens is 1. The van der Waals surface area contributed by atoms with Gasteiger partial charge < -0.3 is 20.6 Å². The van der Waals surface area contributed by atoms with E-state index in [1.165, 1.54) is 18.6 Å². The Kier molecular flexibility index (Phi) is 5.56.